The van der Waals surface area contributed by atoms with Gasteiger partial charge in [0.15, 0.2) is 0 Å². The molecule has 0 saturated carbocycles. The number of ether oxygens (including phenoxy) is 1. The van der Waals surface area contributed by atoms with Gasteiger partial charge in [-0.15, -0.1) is 0 Å². The smallest absolute Gasteiger partial charge is 0.390 e. The van der Waals surface area contributed by atoms with Crippen molar-refractivity contribution in [3.05, 3.63) is 0 Å². The quantitative estimate of drug-likeness (QED) is 0.188. The van der Waals surface area contributed by atoms with Crippen LogP contribution in [0.1, 0.15) is 88.0 Å². The summed E-state index contributed by atoms with van der Waals surface area (Å²) < 4.78 is 50.5. The van der Waals surface area contributed by atoms with Crippen LogP contribution in [0.4, 0.5) is 0 Å². The molecule has 0 fully saturated rings. The molecular formula is C20H43BO10P2. The van der Waals surface area contributed by atoms with Crippen LogP contribution < -0.4 is 0 Å². The molecule has 0 aromatic rings. The third-order valence-electron chi connectivity index (χ3n) is 4.74. The molecule has 0 spiro atoms. The summed E-state index contributed by atoms with van der Waals surface area (Å²) in [5.74, 6) is 0. The van der Waals surface area contributed by atoms with Crippen molar-refractivity contribution in [1.82, 2.24) is 0 Å². The van der Waals surface area contributed by atoms with E-state index in [1.165, 1.54) is 0 Å². The summed E-state index contributed by atoms with van der Waals surface area (Å²) in [6, 6.07) is -1.18. The summed E-state index contributed by atoms with van der Waals surface area (Å²) in [5.41, 5.74) is -4.01. The standard InChI is InChI=1S/C20H43BO10P2/c1-10-20(9,22)14-16(21)29-33(25,26)31-19(7,8)15-18(5,6)27-13-12-17(3,4)30-32(23,24)28-11-2/h16,22H,10-15H2,1-9H3,(H,23,24)(H,25,26). The summed E-state index contributed by atoms with van der Waals surface area (Å²) in [7, 11) is -2.91. The molecule has 13 heteroatoms. The van der Waals surface area contributed by atoms with Crippen LogP contribution in [0.15, 0.2) is 0 Å². The fourth-order valence-electron chi connectivity index (χ4n) is 3.35. The molecular weight excluding hydrogens is 473 g/mol. The maximum atomic E-state index is 12.5. The molecule has 33 heavy (non-hydrogen) atoms. The molecule has 0 aromatic carbocycles. The third kappa shape index (κ3) is 15.7. The van der Waals surface area contributed by atoms with Crippen molar-refractivity contribution in [2.75, 3.05) is 13.2 Å². The van der Waals surface area contributed by atoms with Gasteiger partial charge < -0.3 is 19.6 Å². The lowest BCUT2D eigenvalue weighted by Crippen LogP contribution is -2.38. The number of phosphoric ester groups is 2. The van der Waals surface area contributed by atoms with E-state index in [1.807, 2.05) is 0 Å². The van der Waals surface area contributed by atoms with Crippen molar-refractivity contribution >= 4 is 23.5 Å². The van der Waals surface area contributed by atoms with E-state index in [-0.39, 0.29) is 26.1 Å². The number of hydrogen-bond donors (Lipinski definition) is 3. The largest absolute Gasteiger partial charge is 0.472 e. The first kappa shape index (κ1) is 33.2. The Hall–Kier alpha value is 0.205. The van der Waals surface area contributed by atoms with Gasteiger partial charge >= 0.3 is 15.6 Å². The van der Waals surface area contributed by atoms with E-state index in [4.69, 9.17) is 30.7 Å². The third-order valence-corrected chi connectivity index (χ3v) is 7.31. The van der Waals surface area contributed by atoms with Crippen LogP contribution in [-0.4, -0.2) is 64.4 Å². The lowest BCUT2D eigenvalue weighted by Gasteiger charge is -2.37. The van der Waals surface area contributed by atoms with Crippen molar-refractivity contribution in [2.24, 2.45) is 0 Å². The Morgan fingerprint density at radius 3 is 1.88 bits per heavy atom. The average molecular weight is 516 g/mol. The Bertz CT molecular complexity index is 696. The van der Waals surface area contributed by atoms with Gasteiger partial charge in [-0.1, -0.05) is 6.92 Å². The first-order valence-corrected chi connectivity index (χ1v) is 14.1. The number of phosphoric acid groups is 2. The van der Waals surface area contributed by atoms with Gasteiger partial charge in [0.2, 0.25) is 0 Å². The van der Waals surface area contributed by atoms with Gasteiger partial charge in [0.05, 0.1) is 35.6 Å². The van der Waals surface area contributed by atoms with Gasteiger partial charge in [-0.25, -0.2) is 9.13 Å². The topological polar surface area (TPSA) is 141 Å². The molecule has 4 atom stereocenters. The molecule has 0 rings (SSSR count). The van der Waals surface area contributed by atoms with Crippen LogP contribution in [0.5, 0.6) is 0 Å². The molecule has 0 amide bonds. The second-order valence-corrected chi connectivity index (χ2v) is 13.0. The SMILES string of the molecule is [B]C(CC(C)(O)CC)OP(=O)(O)OC(C)(C)CC(C)(C)OCCC(C)(C)OP(=O)(O)OCC. The monoisotopic (exact) mass is 516 g/mol. The highest BCUT2D eigenvalue weighted by atomic mass is 31.2. The Kier molecular flexibility index (Phi) is 12.5. The van der Waals surface area contributed by atoms with E-state index < -0.39 is 44.1 Å². The number of rotatable bonds is 17. The van der Waals surface area contributed by atoms with Crippen LogP contribution in [0.25, 0.3) is 0 Å². The van der Waals surface area contributed by atoms with Crippen molar-refractivity contribution in [1.29, 1.82) is 0 Å². The van der Waals surface area contributed by atoms with E-state index in [0.717, 1.165) is 0 Å². The summed E-state index contributed by atoms with van der Waals surface area (Å²) in [6.45, 7) is 15.3. The first-order valence-electron chi connectivity index (χ1n) is 11.1. The van der Waals surface area contributed by atoms with Crippen LogP contribution in [-0.2, 0) is 32.0 Å². The fourth-order valence-corrected chi connectivity index (χ4v) is 5.59. The molecule has 0 aromatic heterocycles. The van der Waals surface area contributed by atoms with E-state index >= 15 is 0 Å². The molecule has 0 bridgehead atoms. The second-order valence-electron chi connectivity index (χ2n) is 10.3. The van der Waals surface area contributed by atoms with E-state index in [9.17, 15) is 24.0 Å². The Morgan fingerprint density at radius 1 is 0.879 bits per heavy atom. The van der Waals surface area contributed by atoms with Crippen molar-refractivity contribution in [2.45, 2.75) is 116 Å². The second kappa shape index (κ2) is 12.4. The molecule has 0 aliphatic heterocycles. The van der Waals surface area contributed by atoms with E-state index in [2.05, 4.69) is 0 Å². The minimum atomic E-state index is -4.52. The van der Waals surface area contributed by atoms with Crippen LogP contribution >= 0.6 is 15.6 Å². The molecule has 0 heterocycles. The summed E-state index contributed by atoms with van der Waals surface area (Å²) in [6.07, 6.45) is 0.882. The maximum absolute atomic E-state index is 12.5. The van der Waals surface area contributed by atoms with Crippen LogP contribution in [0.2, 0.25) is 0 Å². The van der Waals surface area contributed by atoms with Gasteiger partial charge in [0.25, 0.3) is 0 Å². The normalized spacial score (nSPS) is 20.0. The Labute approximate surface area is 200 Å². The van der Waals surface area contributed by atoms with Gasteiger partial charge in [-0.2, -0.15) is 0 Å². The van der Waals surface area contributed by atoms with Crippen LogP contribution in [0, 0.1) is 0 Å². The summed E-state index contributed by atoms with van der Waals surface area (Å²) >= 11 is 0. The molecule has 0 aliphatic rings. The zero-order chi connectivity index (χ0) is 26.4. The maximum Gasteiger partial charge on any atom is 0.472 e. The summed E-state index contributed by atoms with van der Waals surface area (Å²) in [4.78, 5) is 19.8. The Morgan fingerprint density at radius 2 is 1.39 bits per heavy atom. The fraction of sp³-hybridized carbons (Fsp3) is 1.00. The lowest BCUT2D eigenvalue weighted by molar-refractivity contribution is -0.0850. The van der Waals surface area contributed by atoms with E-state index in [0.29, 0.717) is 12.8 Å². The highest BCUT2D eigenvalue weighted by molar-refractivity contribution is 7.47. The molecule has 4 unspecified atom stereocenters. The molecule has 0 saturated heterocycles. The zero-order valence-corrected chi connectivity index (χ0v) is 23.3. The van der Waals surface area contributed by atoms with Gasteiger partial charge in [0.1, 0.15) is 7.85 Å². The molecule has 10 nitrogen and oxygen atoms in total. The van der Waals surface area contributed by atoms with Crippen molar-refractivity contribution in [3.8, 4) is 0 Å². The average Bonchev–Trinajstić information content (AvgIpc) is 2.48. The minimum absolute atomic E-state index is 0.0334. The van der Waals surface area contributed by atoms with Crippen molar-refractivity contribution in [3.63, 3.8) is 0 Å². The molecule has 3 N–H and O–H groups in total. The van der Waals surface area contributed by atoms with Crippen LogP contribution in [0.3, 0.4) is 0 Å². The lowest BCUT2D eigenvalue weighted by atomic mass is 9.86. The predicted octanol–water partition coefficient (Wildman–Crippen LogP) is 4.45. The minimum Gasteiger partial charge on any atom is -0.390 e. The first-order chi connectivity index (χ1) is 14.6. The highest BCUT2D eigenvalue weighted by Crippen LogP contribution is 2.51. The summed E-state index contributed by atoms with van der Waals surface area (Å²) in [5, 5.41) is 10.1. The molecule has 0 aliphatic carbocycles. The van der Waals surface area contributed by atoms with E-state index in [1.54, 1.807) is 62.3 Å². The molecule has 196 valence electrons. The highest BCUT2D eigenvalue weighted by Gasteiger charge is 2.39. The van der Waals surface area contributed by atoms with Gasteiger partial charge in [-0.05, 0) is 74.7 Å². The number of aliphatic hydroxyl groups is 1. The molecule has 2 radical (unpaired) electrons. The predicted molar refractivity (Wildman–Crippen MR) is 127 cm³/mol. The van der Waals surface area contributed by atoms with Gasteiger partial charge in [-0.3, -0.25) is 18.1 Å². The van der Waals surface area contributed by atoms with Crippen molar-refractivity contribution < 1.29 is 46.9 Å². The zero-order valence-electron chi connectivity index (χ0n) is 21.5. The Balaban J connectivity index is 4.85. The van der Waals surface area contributed by atoms with Gasteiger partial charge in [0, 0.05) is 12.4 Å². The number of hydrogen-bond acceptors (Lipinski definition) is 8.